The molecule has 0 saturated carbocycles. The van der Waals surface area contributed by atoms with Gasteiger partial charge in [0.05, 0.1) is 19.3 Å². The lowest BCUT2D eigenvalue weighted by Gasteiger charge is -2.09. The summed E-state index contributed by atoms with van der Waals surface area (Å²) in [6.07, 6.45) is -0.545. The molecule has 18 heavy (non-hydrogen) atoms. The maximum atomic E-state index is 13.0. The van der Waals surface area contributed by atoms with E-state index < -0.39 is 6.10 Å². The topological polar surface area (TPSA) is 54.6 Å². The SMILES string of the molecule is COCC(O)CNCc1cc2cc(F)ccc2o1. The van der Waals surface area contributed by atoms with Gasteiger partial charge in [0.1, 0.15) is 17.2 Å². The van der Waals surface area contributed by atoms with Crippen LogP contribution in [0.4, 0.5) is 4.39 Å². The summed E-state index contributed by atoms with van der Waals surface area (Å²) in [5, 5.41) is 13.2. The van der Waals surface area contributed by atoms with Crippen molar-refractivity contribution in [2.45, 2.75) is 12.6 Å². The Hall–Kier alpha value is -1.43. The number of benzene rings is 1. The lowest BCUT2D eigenvalue weighted by molar-refractivity contribution is 0.0641. The molecule has 98 valence electrons. The molecule has 5 heteroatoms. The van der Waals surface area contributed by atoms with Crippen molar-refractivity contribution in [2.75, 3.05) is 20.3 Å². The highest BCUT2D eigenvalue weighted by Gasteiger charge is 2.06. The van der Waals surface area contributed by atoms with Gasteiger partial charge in [-0.25, -0.2) is 4.39 Å². The van der Waals surface area contributed by atoms with E-state index >= 15 is 0 Å². The second kappa shape index (κ2) is 5.95. The standard InChI is InChI=1S/C13H16FNO3/c1-17-8-11(16)6-15-7-12-5-9-4-10(14)2-3-13(9)18-12/h2-5,11,15-16H,6-8H2,1H3. The van der Waals surface area contributed by atoms with Crippen LogP contribution in [0.15, 0.2) is 28.7 Å². The first-order valence-corrected chi connectivity index (χ1v) is 5.74. The van der Waals surface area contributed by atoms with Gasteiger partial charge in [0, 0.05) is 19.0 Å². The fourth-order valence-corrected chi connectivity index (χ4v) is 1.77. The molecule has 0 aliphatic heterocycles. The smallest absolute Gasteiger partial charge is 0.134 e. The highest BCUT2D eigenvalue weighted by Crippen LogP contribution is 2.20. The molecule has 1 unspecified atom stereocenters. The monoisotopic (exact) mass is 253 g/mol. The first-order valence-electron chi connectivity index (χ1n) is 5.74. The molecule has 2 rings (SSSR count). The molecule has 4 nitrogen and oxygen atoms in total. The second-order valence-electron chi connectivity index (χ2n) is 4.13. The summed E-state index contributed by atoms with van der Waals surface area (Å²) >= 11 is 0. The zero-order valence-corrected chi connectivity index (χ0v) is 10.1. The number of hydrogen-bond acceptors (Lipinski definition) is 4. The van der Waals surface area contributed by atoms with Crippen molar-refractivity contribution in [3.05, 3.63) is 35.8 Å². The number of nitrogens with one attached hydrogen (secondary N) is 1. The van der Waals surface area contributed by atoms with Crippen LogP contribution in [-0.2, 0) is 11.3 Å². The molecule has 0 radical (unpaired) electrons. The molecule has 0 spiro atoms. The van der Waals surface area contributed by atoms with Gasteiger partial charge in [-0.3, -0.25) is 0 Å². The van der Waals surface area contributed by atoms with Gasteiger partial charge in [-0.1, -0.05) is 0 Å². The number of aliphatic hydroxyl groups is 1. The van der Waals surface area contributed by atoms with E-state index in [4.69, 9.17) is 9.15 Å². The van der Waals surface area contributed by atoms with Crippen molar-refractivity contribution in [1.29, 1.82) is 0 Å². The summed E-state index contributed by atoms with van der Waals surface area (Å²) in [5.41, 5.74) is 0.658. The van der Waals surface area contributed by atoms with Gasteiger partial charge in [-0.05, 0) is 24.3 Å². The second-order valence-corrected chi connectivity index (χ2v) is 4.13. The maximum Gasteiger partial charge on any atom is 0.134 e. The van der Waals surface area contributed by atoms with Crippen LogP contribution >= 0.6 is 0 Å². The highest BCUT2D eigenvalue weighted by atomic mass is 19.1. The molecule has 0 saturated heterocycles. The van der Waals surface area contributed by atoms with Crippen LogP contribution in [0.2, 0.25) is 0 Å². The maximum absolute atomic E-state index is 13.0. The van der Waals surface area contributed by atoms with Crippen molar-refractivity contribution in [1.82, 2.24) is 5.32 Å². The van der Waals surface area contributed by atoms with Gasteiger partial charge in [-0.15, -0.1) is 0 Å². The van der Waals surface area contributed by atoms with Crippen molar-refractivity contribution in [3.63, 3.8) is 0 Å². The summed E-state index contributed by atoms with van der Waals surface area (Å²) < 4.78 is 23.3. The molecule has 0 bridgehead atoms. The molecule has 0 amide bonds. The fraction of sp³-hybridized carbons (Fsp3) is 0.385. The normalized spacial score (nSPS) is 13.1. The third kappa shape index (κ3) is 3.29. The molecule has 0 fully saturated rings. The summed E-state index contributed by atoms with van der Waals surface area (Å²) in [6, 6.07) is 6.19. The predicted molar refractivity (Wildman–Crippen MR) is 65.8 cm³/mol. The van der Waals surface area contributed by atoms with E-state index in [0.717, 1.165) is 5.39 Å². The summed E-state index contributed by atoms with van der Waals surface area (Å²) in [5.74, 6) is 0.429. The van der Waals surface area contributed by atoms with Crippen molar-refractivity contribution in [2.24, 2.45) is 0 Å². The summed E-state index contributed by atoms with van der Waals surface area (Å²) in [7, 11) is 1.54. The Kier molecular flexibility index (Phi) is 4.30. The molecule has 1 aromatic heterocycles. The largest absolute Gasteiger partial charge is 0.460 e. The van der Waals surface area contributed by atoms with E-state index in [1.165, 1.54) is 19.2 Å². The van der Waals surface area contributed by atoms with Crippen molar-refractivity contribution < 1.29 is 18.7 Å². The van der Waals surface area contributed by atoms with Gasteiger partial charge in [-0.2, -0.15) is 0 Å². The zero-order valence-electron chi connectivity index (χ0n) is 10.1. The highest BCUT2D eigenvalue weighted by molar-refractivity contribution is 5.77. The quantitative estimate of drug-likeness (QED) is 0.822. The Morgan fingerprint density at radius 2 is 2.28 bits per heavy atom. The third-order valence-electron chi connectivity index (χ3n) is 2.57. The van der Waals surface area contributed by atoms with Crippen LogP contribution in [0.1, 0.15) is 5.76 Å². The van der Waals surface area contributed by atoms with E-state index in [9.17, 15) is 9.50 Å². The number of rotatable bonds is 6. The molecule has 1 atom stereocenters. The number of fused-ring (bicyclic) bond motifs is 1. The average Bonchev–Trinajstić information content (AvgIpc) is 2.71. The Morgan fingerprint density at radius 3 is 3.06 bits per heavy atom. The molecular formula is C13H16FNO3. The molecule has 2 aromatic rings. The number of aliphatic hydroxyl groups excluding tert-OH is 1. The fourth-order valence-electron chi connectivity index (χ4n) is 1.77. The number of halogens is 1. The van der Waals surface area contributed by atoms with Crippen LogP contribution < -0.4 is 5.32 Å². The van der Waals surface area contributed by atoms with Crippen molar-refractivity contribution >= 4 is 11.0 Å². The van der Waals surface area contributed by atoms with Crippen LogP contribution in [0.25, 0.3) is 11.0 Å². The van der Waals surface area contributed by atoms with Crippen LogP contribution in [0, 0.1) is 5.82 Å². The Labute approximate surface area is 104 Å². The minimum absolute atomic E-state index is 0.279. The zero-order chi connectivity index (χ0) is 13.0. The van der Waals surface area contributed by atoms with E-state index in [-0.39, 0.29) is 5.82 Å². The Morgan fingerprint density at radius 1 is 1.44 bits per heavy atom. The Balaban J connectivity index is 1.92. The predicted octanol–water partition coefficient (Wildman–Crippen LogP) is 1.67. The van der Waals surface area contributed by atoms with E-state index in [0.29, 0.717) is 31.0 Å². The number of methoxy groups -OCH3 is 1. The molecule has 1 heterocycles. The average molecular weight is 253 g/mol. The molecule has 0 aliphatic carbocycles. The first kappa shape index (κ1) is 13.0. The van der Waals surface area contributed by atoms with Gasteiger partial charge < -0.3 is 19.6 Å². The minimum atomic E-state index is -0.545. The summed E-state index contributed by atoms with van der Waals surface area (Å²) in [6.45, 7) is 1.19. The molecule has 1 aromatic carbocycles. The number of furan rings is 1. The van der Waals surface area contributed by atoms with Gasteiger partial charge in [0.15, 0.2) is 0 Å². The van der Waals surface area contributed by atoms with Crippen LogP contribution in [0.5, 0.6) is 0 Å². The van der Waals surface area contributed by atoms with Crippen molar-refractivity contribution in [3.8, 4) is 0 Å². The molecule has 0 aliphatic rings. The van der Waals surface area contributed by atoms with E-state index in [1.807, 2.05) is 0 Å². The van der Waals surface area contributed by atoms with Crippen LogP contribution in [0.3, 0.4) is 0 Å². The van der Waals surface area contributed by atoms with Gasteiger partial charge in [0.25, 0.3) is 0 Å². The van der Waals surface area contributed by atoms with Crippen LogP contribution in [-0.4, -0.2) is 31.5 Å². The lowest BCUT2D eigenvalue weighted by Crippen LogP contribution is -2.29. The summed E-state index contributed by atoms with van der Waals surface area (Å²) in [4.78, 5) is 0. The Bertz CT molecular complexity index is 512. The number of ether oxygens (including phenoxy) is 1. The lowest BCUT2D eigenvalue weighted by atomic mass is 10.2. The minimum Gasteiger partial charge on any atom is -0.460 e. The molecule has 2 N–H and O–H groups in total. The number of hydrogen-bond donors (Lipinski definition) is 2. The molecular weight excluding hydrogens is 237 g/mol. The van der Waals surface area contributed by atoms with Gasteiger partial charge >= 0.3 is 0 Å². The van der Waals surface area contributed by atoms with E-state index in [1.54, 1.807) is 12.1 Å². The van der Waals surface area contributed by atoms with Gasteiger partial charge in [0.2, 0.25) is 0 Å². The first-order chi connectivity index (χ1) is 8.69. The third-order valence-corrected chi connectivity index (χ3v) is 2.57. The van der Waals surface area contributed by atoms with E-state index in [2.05, 4.69) is 5.32 Å².